The molecule has 0 N–H and O–H groups in total. The third-order valence-corrected chi connectivity index (χ3v) is 4.16. The molecular formula is C13H20N2OS. The van der Waals surface area contributed by atoms with Crippen molar-refractivity contribution in [1.29, 1.82) is 0 Å². The van der Waals surface area contributed by atoms with Crippen LogP contribution in [0.4, 0.5) is 4.79 Å². The summed E-state index contributed by atoms with van der Waals surface area (Å²) in [5.74, 6) is 0. The Hall–Kier alpha value is -1.03. The predicted molar refractivity (Wildman–Crippen MR) is 71.2 cm³/mol. The highest BCUT2D eigenvalue weighted by molar-refractivity contribution is 7.09. The maximum atomic E-state index is 12.2. The number of rotatable bonds is 3. The number of carbonyl (C=O) groups is 1. The van der Waals surface area contributed by atoms with Crippen LogP contribution in [0.5, 0.6) is 0 Å². The van der Waals surface area contributed by atoms with Gasteiger partial charge in [0, 0.05) is 25.0 Å². The first kappa shape index (κ1) is 12.4. The highest BCUT2D eigenvalue weighted by atomic mass is 32.1. The molecule has 2 rings (SSSR count). The number of urea groups is 1. The monoisotopic (exact) mass is 252 g/mol. The summed E-state index contributed by atoms with van der Waals surface area (Å²) in [7, 11) is 3.66. The molecule has 0 radical (unpaired) electrons. The minimum Gasteiger partial charge on any atom is -0.331 e. The minimum atomic E-state index is 0.144. The topological polar surface area (TPSA) is 23.6 Å². The highest BCUT2D eigenvalue weighted by Crippen LogP contribution is 2.26. The van der Waals surface area contributed by atoms with Gasteiger partial charge in [0.15, 0.2) is 0 Å². The molecule has 0 spiro atoms. The van der Waals surface area contributed by atoms with E-state index in [2.05, 4.69) is 11.4 Å². The quantitative estimate of drug-likeness (QED) is 0.810. The van der Waals surface area contributed by atoms with Gasteiger partial charge in [-0.25, -0.2) is 4.79 Å². The third kappa shape index (κ3) is 3.00. The van der Waals surface area contributed by atoms with E-state index in [9.17, 15) is 4.79 Å². The molecule has 4 heteroatoms. The smallest absolute Gasteiger partial charge is 0.320 e. The van der Waals surface area contributed by atoms with Crippen molar-refractivity contribution in [3.05, 3.63) is 22.4 Å². The molecule has 94 valence electrons. The highest BCUT2D eigenvalue weighted by Gasteiger charge is 2.27. The van der Waals surface area contributed by atoms with Gasteiger partial charge in [-0.2, -0.15) is 0 Å². The molecule has 1 aliphatic carbocycles. The van der Waals surface area contributed by atoms with Crippen molar-refractivity contribution in [2.75, 3.05) is 14.1 Å². The molecule has 0 aliphatic heterocycles. The zero-order valence-electron chi connectivity index (χ0n) is 10.6. The Morgan fingerprint density at radius 2 is 2.12 bits per heavy atom. The van der Waals surface area contributed by atoms with Gasteiger partial charge >= 0.3 is 6.03 Å². The van der Waals surface area contributed by atoms with Crippen molar-refractivity contribution in [2.45, 2.75) is 38.3 Å². The zero-order valence-corrected chi connectivity index (χ0v) is 11.4. The molecule has 0 aromatic carbocycles. The average molecular weight is 252 g/mol. The predicted octanol–water partition coefficient (Wildman–Crippen LogP) is 3.17. The van der Waals surface area contributed by atoms with Crippen molar-refractivity contribution < 1.29 is 4.79 Å². The van der Waals surface area contributed by atoms with Crippen LogP contribution in [0.15, 0.2) is 17.5 Å². The molecule has 1 heterocycles. The van der Waals surface area contributed by atoms with Crippen LogP contribution >= 0.6 is 11.3 Å². The van der Waals surface area contributed by atoms with Crippen LogP contribution in [-0.4, -0.2) is 36.0 Å². The number of amides is 2. The number of carbonyl (C=O) groups excluding carboxylic acids is 1. The number of thiophene rings is 1. The Bertz CT molecular complexity index is 356. The van der Waals surface area contributed by atoms with Gasteiger partial charge in [0.25, 0.3) is 0 Å². The summed E-state index contributed by atoms with van der Waals surface area (Å²) in [5.41, 5.74) is 0. The van der Waals surface area contributed by atoms with Gasteiger partial charge in [-0.3, -0.25) is 0 Å². The maximum absolute atomic E-state index is 12.2. The first-order valence-electron chi connectivity index (χ1n) is 6.19. The zero-order chi connectivity index (χ0) is 12.3. The van der Waals surface area contributed by atoms with Gasteiger partial charge in [0.05, 0.1) is 6.54 Å². The molecule has 1 aromatic rings. The van der Waals surface area contributed by atoms with Gasteiger partial charge < -0.3 is 9.80 Å². The Morgan fingerprint density at radius 1 is 1.41 bits per heavy atom. The van der Waals surface area contributed by atoms with Gasteiger partial charge in [0.1, 0.15) is 0 Å². The van der Waals surface area contributed by atoms with Crippen molar-refractivity contribution in [2.24, 2.45) is 0 Å². The fourth-order valence-electron chi connectivity index (χ4n) is 2.40. The summed E-state index contributed by atoms with van der Waals surface area (Å²) in [5, 5.41) is 2.07. The van der Waals surface area contributed by atoms with Crippen LogP contribution in [-0.2, 0) is 6.54 Å². The van der Waals surface area contributed by atoms with E-state index in [1.165, 1.54) is 17.7 Å². The van der Waals surface area contributed by atoms with E-state index >= 15 is 0 Å². The van der Waals surface area contributed by atoms with E-state index in [-0.39, 0.29) is 6.03 Å². The Balaban J connectivity index is 2.08. The summed E-state index contributed by atoms with van der Waals surface area (Å²) in [4.78, 5) is 17.2. The number of hydrogen-bond donors (Lipinski definition) is 0. The number of hydrogen-bond acceptors (Lipinski definition) is 2. The fourth-order valence-corrected chi connectivity index (χ4v) is 3.10. The SMILES string of the molecule is CN(C)C(=O)N(Cc1cccs1)C1CCCC1. The second-order valence-corrected chi connectivity index (χ2v) is 5.85. The molecule has 1 aliphatic rings. The van der Waals surface area contributed by atoms with Crippen LogP contribution in [0.1, 0.15) is 30.6 Å². The fraction of sp³-hybridized carbons (Fsp3) is 0.615. The molecule has 2 amide bonds. The molecule has 0 saturated heterocycles. The van der Waals surface area contributed by atoms with Crippen LogP contribution in [0, 0.1) is 0 Å². The average Bonchev–Trinajstić information content (AvgIpc) is 2.97. The molecule has 0 atom stereocenters. The minimum absolute atomic E-state index is 0.144. The first-order chi connectivity index (χ1) is 8.18. The van der Waals surface area contributed by atoms with Gasteiger partial charge in [-0.05, 0) is 24.3 Å². The lowest BCUT2D eigenvalue weighted by Crippen LogP contribution is -2.43. The molecule has 0 bridgehead atoms. The van der Waals surface area contributed by atoms with Crippen molar-refractivity contribution in [3.8, 4) is 0 Å². The van der Waals surface area contributed by atoms with E-state index in [1.807, 2.05) is 25.1 Å². The summed E-state index contributed by atoms with van der Waals surface area (Å²) in [6.07, 6.45) is 4.83. The maximum Gasteiger partial charge on any atom is 0.320 e. The Morgan fingerprint density at radius 3 is 2.65 bits per heavy atom. The van der Waals surface area contributed by atoms with Gasteiger partial charge in [-0.1, -0.05) is 18.9 Å². The van der Waals surface area contributed by atoms with Crippen molar-refractivity contribution in [3.63, 3.8) is 0 Å². The Labute approximate surface area is 107 Å². The van der Waals surface area contributed by atoms with E-state index < -0.39 is 0 Å². The van der Waals surface area contributed by atoms with Crippen LogP contribution in [0.2, 0.25) is 0 Å². The largest absolute Gasteiger partial charge is 0.331 e. The third-order valence-electron chi connectivity index (χ3n) is 3.30. The molecule has 17 heavy (non-hydrogen) atoms. The van der Waals surface area contributed by atoms with Gasteiger partial charge in [-0.15, -0.1) is 11.3 Å². The standard InChI is InChI=1S/C13H20N2OS/c1-14(2)13(16)15(11-6-3-4-7-11)10-12-8-5-9-17-12/h5,8-9,11H,3-4,6-7,10H2,1-2H3. The second kappa shape index (κ2) is 5.54. The number of nitrogens with zero attached hydrogens (tertiary/aromatic N) is 2. The van der Waals surface area contributed by atoms with Crippen molar-refractivity contribution >= 4 is 17.4 Å². The van der Waals surface area contributed by atoms with E-state index in [0.29, 0.717) is 6.04 Å². The lowest BCUT2D eigenvalue weighted by atomic mass is 10.2. The lowest BCUT2D eigenvalue weighted by molar-refractivity contribution is 0.146. The van der Waals surface area contributed by atoms with Crippen LogP contribution in [0.25, 0.3) is 0 Å². The summed E-state index contributed by atoms with van der Waals surface area (Å²) < 4.78 is 0. The van der Waals surface area contributed by atoms with E-state index in [4.69, 9.17) is 0 Å². The summed E-state index contributed by atoms with van der Waals surface area (Å²) in [6, 6.07) is 4.74. The lowest BCUT2D eigenvalue weighted by Gasteiger charge is -2.31. The van der Waals surface area contributed by atoms with Crippen LogP contribution < -0.4 is 0 Å². The van der Waals surface area contributed by atoms with Crippen molar-refractivity contribution in [1.82, 2.24) is 9.80 Å². The molecule has 0 unspecified atom stereocenters. The van der Waals surface area contributed by atoms with E-state index in [1.54, 1.807) is 16.2 Å². The van der Waals surface area contributed by atoms with Crippen LogP contribution in [0.3, 0.4) is 0 Å². The molecule has 1 fully saturated rings. The summed E-state index contributed by atoms with van der Waals surface area (Å²) in [6.45, 7) is 0.763. The van der Waals surface area contributed by atoms with Gasteiger partial charge in [0.2, 0.25) is 0 Å². The molecular weight excluding hydrogens is 232 g/mol. The molecule has 1 saturated carbocycles. The second-order valence-electron chi connectivity index (χ2n) is 4.82. The normalized spacial score (nSPS) is 16.1. The Kier molecular flexibility index (Phi) is 4.05. The first-order valence-corrected chi connectivity index (χ1v) is 7.07. The molecule has 1 aromatic heterocycles. The summed E-state index contributed by atoms with van der Waals surface area (Å²) >= 11 is 1.73. The molecule has 3 nitrogen and oxygen atoms in total. The van der Waals surface area contributed by atoms with E-state index in [0.717, 1.165) is 19.4 Å².